The van der Waals surface area contributed by atoms with Crippen molar-refractivity contribution in [1.29, 1.82) is 0 Å². The van der Waals surface area contributed by atoms with Crippen molar-refractivity contribution in [3.63, 3.8) is 0 Å². The fraction of sp³-hybridized carbons (Fsp3) is 0.364. The first kappa shape index (κ1) is 18.2. The minimum Gasteiger partial charge on any atom is -0.338 e. The summed E-state index contributed by atoms with van der Waals surface area (Å²) in [6.45, 7) is 5.48. The van der Waals surface area contributed by atoms with Crippen molar-refractivity contribution in [2.45, 2.75) is 39.3 Å². The largest absolute Gasteiger partial charge is 0.338 e. The molecule has 4 heteroatoms. The van der Waals surface area contributed by atoms with Gasteiger partial charge in [-0.3, -0.25) is 9.59 Å². The Bertz CT molecular complexity index is 798. The van der Waals surface area contributed by atoms with E-state index in [1.54, 1.807) is 4.90 Å². The standard InChI is InChI=1S/C22H26N2O2/c1-16-9-11-19(12-10-16)17(2)23(3)22(26)20-7-4-6-18(14-20)15-24-13-5-8-21(24)25/h4,6-7,9-12,14,17H,5,8,13,15H2,1-3H3. The molecule has 0 aliphatic carbocycles. The highest BCUT2D eigenvalue weighted by Crippen LogP contribution is 2.22. The summed E-state index contributed by atoms with van der Waals surface area (Å²) < 4.78 is 0. The first-order valence-electron chi connectivity index (χ1n) is 9.16. The first-order chi connectivity index (χ1) is 12.5. The fourth-order valence-electron chi connectivity index (χ4n) is 3.34. The number of benzene rings is 2. The molecule has 3 rings (SSSR count). The summed E-state index contributed by atoms with van der Waals surface area (Å²) in [6, 6.07) is 15.9. The monoisotopic (exact) mass is 350 g/mol. The van der Waals surface area contributed by atoms with Crippen LogP contribution in [0.1, 0.15) is 52.9 Å². The average Bonchev–Trinajstić information content (AvgIpc) is 3.05. The lowest BCUT2D eigenvalue weighted by Crippen LogP contribution is -2.30. The maximum absolute atomic E-state index is 12.9. The van der Waals surface area contributed by atoms with Gasteiger partial charge in [-0.15, -0.1) is 0 Å². The lowest BCUT2D eigenvalue weighted by Gasteiger charge is -2.26. The SMILES string of the molecule is Cc1ccc(C(C)N(C)C(=O)c2cccc(CN3CCCC3=O)c2)cc1. The Morgan fingerprint density at radius 3 is 2.58 bits per heavy atom. The van der Waals surface area contributed by atoms with E-state index in [4.69, 9.17) is 0 Å². The highest BCUT2D eigenvalue weighted by atomic mass is 16.2. The molecular formula is C22H26N2O2. The third-order valence-electron chi connectivity index (χ3n) is 5.18. The molecule has 0 aromatic heterocycles. The Morgan fingerprint density at radius 2 is 1.92 bits per heavy atom. The van der Waals surface area contributed by atoms with Crippen LogP contribution in [-0.4, -0.2) is 35.2 Å². The summed E-state index contributed by atoms with van der Waals surface area (Å²) in [7, 11) is 1.84. The molecule has 2 aromatic carbocycles. The van der Waals surface area contributed by atoms with E-state index in [0.717, 1.165) is 24.1 Å². The van der Waals surface area contributed by atoms with E-state index in [0.29, 0.717) is 18.5 Å². The molecule has 1 aliphatic heterocycles. The number of hydrogen-bond donors (Lipinski definition) is 0. The highest BCUT2D eigenvalue weighted by Gasteiger charge is 2.22. The van der Waals surface area contributed by atoms with Crippen molar-refractivity contribution in [3.05, 3.63) is 70.8 Å². The van der Waals surface area contributed by atoms with Crippen LogP contribution in [0.5, 0.6) is 0 Å². The van der Waals surface area contributed by atoms with Crippen molar-refractivity contribution in [3.8, 4) is 0 Å². The maximum atomic E-state index is 12.9. The predicted molar refractivity (Wildman–Crippen MR) is 103 cm³/mol. The third-order valence-corrected chi connectivity index (χ3v) is 5.18. The summed E-state index contributed by atoms with van der Waals surface area (Å²) in [5.74, 6) is 0.194. The first-order valence-corrected chi connectivity index (χ1v) is 9.16. The molecular weight excluding hydrogens is 324 g/mol. The van der Waals surface area contributed by atoms with Gasteiger partial charge < -0.3 is 9.80 Å². The topological polar surface area (TPSA) is 40.6 Å². The van der Waals surface area contributed by atoms with Crippen LogP contribution in [-0.2, 0) is 11.3 Å². The number of aryl methyl sites for hydroxylation is 1. The maximum Gasteiger partial charge on any atom is 0.254 e. The molecule has 136 valence electrons. The second-order valence-electron chi connectivity index (χ2n) is 7.12. The van der Waals surface area contributed by atoms with E-state index in [1.165, 1.54) is 5.56 Å². The number of carbonyl (C=O) groups is 2. The zero-order valence-corrected chi connectivity index (χ0v) is 15.7. The summed E-state index contributed by atoms with van der Waals surface area (Å²) in [4.78, 5) is 28.4. The van der Waals surface area contributed by atoms with Crippen molar-refractivity contribution in [1.82, 2.24) is 9.80 Å². The molecule has 1 fully saturated rings. The molecule has 2 aromatic rings. The number of nitrogens with zero attached hydrogens (tertiary/aromatic N) is 2. The van der Waals surface area contributed by atoms with Gasteiger partial charge in [0.15, 0.2) is 0 Å². The van der Waals surface area contributed by atoms with Crippen LogP contribution in [0.25, 0.3) is 0 Å². The summed E-state index contributed by atoms with van der Waals surface area (Å²) in [5.41, 5.74) is 3.99. The van der Waals surface area contributed by atoms with E-state index in [1.807, 2.05) is 43.1 Å². The van der Waals surface area contributed by atoms with E-state index in [-0.39, 0.29) is 17.9 Å². The quantitative estimate of drug-likeness (QED) is 0.819. The fourth-order valence-corrected chi connectivity index (χ4v) is 3.34. The van der Waals surface area contributed by atoms with E-state index >= 15 is 0 Å². The van der Waals surface area contributed by atoms with Gasteiger partial charge in [-0.2, -0.15) is 0 Å². The third kappa shape index (κ3) is 3.96. The minimum atomic E-state index is -0.00749. The van der Waals surface area contributed by atoms with Crippen molar-refractivity contribution >= 4 is 11.8 Å². The smallest absolute Gasteiger partial charge is 0.254 e. The summed E-state index contributed by atoms with van der Waals surface area (Å²) in [6.07, 6.45) is 1.56. The molecule has 0 bridgehead atoms. The zero-order valence-electron chi connectivity index (χ0n) is 15.7. The molecule has 0 N–H and O–H groups in total. The molecule has 4 nitrogen and oxygen atoms in total. The summed E-state index contributed by atoms with van der Waals surface area (Å²) >= 11 is 0. The molecule has 1 saturated heterocycles. The van der Waals surface area contributed by atoms with Gasteiger partial charge in [0.2, 0.25) is 5.91 Å². The number of amides is 2. The second-order valence-corrected chi connectivity index (χ2v) is 7.12. The number of hydrogen-bond acceptors (Lipinski definition) is 2. The van der Waals surface area contributed by atoms with Gasteiger partial charge in [0, 0.05) is 32.1 Å². The van der Waals surface area contributed by atoms with Gasteiger partial charge in [0.05, 0.1) is 6.04 Å². The molecule has 0 radical (unpaired) electrons. The van der Waals surface area contributed by atoms with Crippen molar-refractivity contribution in [2.24, 2.45) is 0 Å². The lowest BCUT2D eigenvalue weighted by atomic mass is 10.0. The van der Waals surface area contributed by atoms with Crippen LogP contribution in [0.2, 0.25) is 0 Å². The van der Waals surface area contributed by atoms with Crippen molar-refractivity contribution in [2.75, 3.05) is 13.6 Å². The Hall–Kier alpha value is -2.62. The zero-order chi connectivity index (χ0) is 18.7. The van der Waals surface area contributed by atoms with Crippen LogP contribution in [0.4, 0.5) is 0 Å². The van der Waals surface area contributed by atoms with Crippen LogP contribution in [0, 0.1) is 6.92 Å². The average molecular weight is 350 g/mol. The van der Waals surface area contributed by atoms with Crippen LogP contribution in [0.15, 0.2) is 48.5 Å². The summed E-state index contributed by atoms with van der Waals surface area (Å²) in [5, 5.41) is 0. The molecule has 26 heavy (non-hydrogen) atoms. The Morgan fingerprint density at radius 1 is 1.19 bits per heavy atom. The van der Waals surface area contributed by atoms with Crippen LogP contribution < -0.4 is 0 Å². The van der Waals surface area contributed by atoms with E-state index in [2.05, 4.69) is 31.2 Å². The van der Waals surface area contributed by atoms with Gasteiger partial charge in [0.25, 0.3) is 5.91 Å². The number of rotatable bonds is 5. The molecule has 1 aliphatic rings. The van der Waals surface area contributed by atoms with Crippen LogP contribution >= 0.6 is 0 Å². The van der Waals surface area contributed by atoms with E-state index < -0.39 is 0 Å². The molecule has 1 atom stereocenters. The Kier molecular flexibility index (Phi) is 5.40. The molecule has 1 heterocycles. The molecule has 0 saturated carbocycles. The van der Waals surface area contributed by atoms with Gasteiger partial charge in [-0.05, 0) is 43.5 Å². The normalized spacial score (nSPS) is 15.2. The number of likely N-dealkylation sites (tertiary alicyclic amines) is 1. The number of carbonyl (C=O) groups excluding carboxylic acids is 2. The molecule has 2 amide bonds. The second kappa shape index (κ2) is 7.73. The lowest BCUT2D eigenvalue weighted by molar-refractivity contribution is -0.128. The van der Waals surface area contributed by atoms with Gasteiger partial charge in [-0.1, -0.05) is 42.0 Å². The Balaban J connectivity index is 1.73. The van der Waals surface area contributed by atoms with E-state index in [9.17, 15) is 9.59 Å². The van der Waals surface area contributed by atoms with Gasteiger partial charge in [-0.25, -0.2) is 0 Å². The van der Waals surface area contributed by atoms with Gasteiger partial charge in [0.1, 0.15) is 0 Å². The minimum absolute atomic E-state index is 0.00678. The van der Waals surface area contributed by atoms with Crippen molar-refractivity contribution < 1.29 is 9.59 Å². The predicted octanol–water partition coefficient (Wildman–Crippen LogP) is 3.95. The Labute approximate surface area is 155 Å². The van der Waals surface area contributed by atoms with Crippen LogP contribution in [0.3, 0.4) is 0 Å². The molecule has 1 unspecified atom stereocenters. The van der Waals surface area contributed by atoms with Gasteiger partial charge >= 0.3 is 0 Å². The molecule has 0 spiro atoms. The highest BCUT2D eigenvalue weighted by molar-refractivity contribution is 5.94.